The first kappa shape index (κ1) is 15.7. The normalized spacial score (nSPS) is 22.4. The summed E-state index contributed by atoms with van der Waals surface area (Å²) in [6, 6.07) is 9.94. The lowest BCUT2D eigenvalue weighted by molar-refractivity contribution is -0.180. The Bertz CT molecular complexity index is 497. The Hall–Kier alpha value is -1.68. The van der Waals surface area contributed by atoms with Gasteiger partial charge >= 0.3 is 0 Å². The van der Waals surface area contributed by atoms with Gasteiger partial charge in [0.1, 0.15) is 0 Å². The van der Waals surface area contributed by atoms with E-state index in [1.807, 2.05) is 44.2 Å². The number of hydrogen-bond acceptors (Lipinski definition) is 3. The highest BCUT2D eigenvalue weighted by Crippen LogP contribution is 2.30. The van der Waals surface area contributed by atoms with E-state index < -0.39 is 0 Å². The summed E-state index contributed by atoms with van der Waals surface area (Å²) >= 11 is 0. The summed E-state index contributed by atoms with van der Waals surface area (Å²) in [5.74, 6) is 0.601. The first-order valence-electron chi connectivity index (χ1n) is 7.53. The average Bonchev–Trinajstić information content (AvgIpc) is 2.44. The number of carbonyl (C=O) groups is 1. The Morgan fingerprint density at radius 2 is 1.90 bits per heavy atom. The molecule has 0 radical (unpaired) electrons. The van der Waals surface area contributed by atoms with Gasteiger partial charge in [0, 0.05) is 6.21 Å². The summed E-state index contributed by atoms with van der Waals surface area (Å²) in [4.78, 5) is 12.2. The van der Waals surface area contributed by atoms with E-state index in [0.717, 1.165) is 5.56 Å². The Morgan fingerprint density at radius 3 is 2.48 bits per heavy atom. The summed E-state index contributed by atoms with van der Waals surface area (Å²) in [5.41, 5.74) is 1.08. The van der Waals surface area contributed by atoms with Crippen LogP contribution in [0.25, 0.3) is 0 Å². The largest absolute Gasteiger partial charge is 0.361 e. The first-order chi connectivity index (χ1) is 10.0. The van der Waals surface area contributed by atoms with Gasteiger partial charge < -0.3 is 4.74 Å². The fourth-order valence-corrected chi connectivity index (χ4v) is 2.37. The molecule has 0 aliphatic carbocycles. The van der Waals surface area contributed by atoms with Crippen molar-refractivity contribution in [3.63, 3.8) is 0 Å². The number of hydrazone groups is 1. The molecule has 1 amide bonds. The van der Waals surface area contributed by atoms with Crippen molar-refractivity contribution in [2.45, 2.75) is 46.4 Å². The molecule has 2 rings (SSSR count). The highest BCUT2D eigenvalue weighted by molar-refractivity contribution is 5.89. The molecule has 0 bridgehead atoms. The lowest BCUT2D eigenvalue weighted by Crippen LogP contribution is -2.65. The summed E-state index contributed by atoms with van der Waals surface area (Å²) in [6.45, 7) is 8.73. The van der Waals surface area contributed by atoms with Crippen molar-refractivity contribution in [2.24, 2.45) is 16.9 Å². The van der Waals surface area contributed by atoms with E-state index in [-0.39, 0.29) is 18.1 Å². The molecule has 1 heterocycles. The van der Waals surface area contributed by atoms with Crippen LogP contribution in [0.4, 0.5) is 0 Å². The van der Waals surface area contributed by atoms with Gasteiger partial charge in [-0.15, -0.1) is 0 Å². The van der Waals surface area contributed by atoms with Gasteiger partial charge in [0.05, 0.1) is 12.6 Å². The van der Waals surface area contributed by atoms with E-state index in [9.17, 15) is 4.79 Å². The molecule has 0 unspecified atom stereocenters. The standard InChI is InChI=1S/C17H24N2O2/c1-12(2)10-18-19-15(13(3)4)16(17(19)20)21-11-14-8-6-5-7-9-14/h5-10,12-13,15-16H,11H2,1-4H3/b18-10-/t15-,16+/m1/s1. The number of ether oxygens (including phenoxy) is 1. The highest BCUT2D eigenvalue weighted by atomic mass is 16.5. The SMILES string of the molecule is CC(C)/C=N\N1C(=O)[C@@H](OCc2ccccc2)[C@H]1C(C)C. The maximum atomic E-state index is 12.2. The summed E-state index contributed by atoms with van der Waals surface area (Å²) in [6.07, 6.45) is 1.43. The molecule has 21 heavy (non-hydrogen) atoms. The van der Waals surface area contributed by atoms with Crippen LogP contribution in [-0.2, 0) is 16.1 Å². The fourth-order valence-electron chi connectivity index (χ4n) is 2.37. The summed E-state index contributed by atoms with van der Waals surface area (Å²) in [7, 11) is 0. The van der Waals surface area contributed by atoms with Gasteiger partial charge in [0.2, 0.25) is 0 Å². The molecule has 4 nitrogen and oxygen atoms in total. The zero-order valence-corrected chi connectivity index (χ0v) is 13.2. The van der Waals surface area contributed by atoms with Crippen molar-refractivity contribution in [3.8, 4) is 0 Å². The molecule has 1 saturated heterocycles. The quantitative estimate of drug-likeness (QED) is 0.596. The fraction of sp³-hybridized carbons (Fsp3) is 0.529. The van der Waals surface area contributed by atoms with E-state index in [4.69, 9.17) is 4.74 Å². The average molecular weight is 288 g/mol. The minimum absolute atomic E-state index is 0.0243. The van der Waals surface area contributed by atoms with Crippen molar-refractivity contribution < 1.29 is 9.53 Å². The number of nitrogens with zero attached hydrogens (tertiary/aromatic N) is 2. The minimum atomic E-state index is -0.380. The lowest BCUT2D eigenvalue weighted by Gasteiger charge is -2.45. The van der Waals surface area contributed by atoms with E-state index in [2.05, 4.69) is 18.9 Å². The van der Waals surface area contributed by atoms with Crippen molar-refractivity contribution >= 4 is 12.1 Å². The van der Waals surface area contributed by atoms with Gasteiger partial charge in [-0.2, -0.15) is 5.10 Å². The van der Waals surface area contributed by atoms with Gasteiger partial charge in [-0.1, -0.05) is 58.0 Å². The summed E-state index contributed by atoms with van der Waals surface area (Å²) < 4.78 is 5.82. The minimum Gasteiger partial charge on any atom is -0.361 e. The van der Waals surface area contributed by atoms with Crippen LogP contribution in [0.2, 0.25) is 0 Å². The lowest BCUT2D eigenvalue weighted by atomic mass is 9.90. The molecule has 1 aliphatic rings. The topological polar surface area (TPSA) is 41.9 Å². The van der Waals surface area contributed by atoms with Crippen LogP contribution in [0, 0.1) is 11.8 Å². The number of carbonyl (C=O) groups excluding carboxylic acids is 1. The predicted molar refractivity (Wildman–Crippen MR) is 83.8 cm³/mol. The number of rotatable bonds is 6. The van der Waals surface area contributed by atoms with Crippen LogP contribution in [0.5, 0.6) is 0 Å². The Labute approximate surface area is 126 Å². The van der Waals surface area contributed by atoms with Crippen LogP contribution < -0.4 is 0 Å². The van der Waals surface area contributed by atoms with Crippen molar-refractivity contribution in [1.82, 2.24) is 5.01 Å². The Morgan fingerprint density at radius 1 is 1.24 bits per heavy atom. The van der Waals surface area contributed by atoms with Crippen molar-refractivity contribution in [1.29, 1.82) is 0 Å². The third kappa shape index (κ3) is 3.70. The molecule has 0 aromatic heterocycles. The Kier molecular flexibility index (Phi) is 5.12. The molecule has 0 saturated carbocycles. The highest BCUT2D eigenvalue weighted by Gasteiger charge is 2.50. The van der Waals surface area contributed by atoms with Crippen molar-refractivity contribution in [3.05, 3.63) is 35.9 Å². The first-order valence-corrected chi connectivity index (χ1v) is 7.53. The van der Waals surface area contributed by atoms with E-state index >= 15 is 0 Å². The van der Waals surface area contributed by atoms with Gasteiger partial charge in [-0.3, -0.25) is 4.79 Å². The van der Waals surface area contributed by atoms with Crippen LogP contribution in [-0.4, -0.2) is 29.3 Å². The molecule has 1 aliphatic heterocycles. The molecule has 0 N–H and O–H groups in total. The zero-order chi connectivity index (χ0) is 15.4. The van der Waals surface area contributed by atoms with Gasteiger partial charge in [-0.05, 0) is 17.4 Å². The molecule has 0 spiro atoms. The van der Waals surface area contributed by atoms with Gasteiger partial charge in [0.15, 0.2) is 6.10 Å². The summed E-state index contributed by atoms with van der Waals surface area (Å²) in [5, 5.41) is 5.87. The molecule has 2 atom stereocenters. The second-order valence-electron chi connectivity index (χ2n) is 6.14. The third-order valence-electron chi connectivity index (χ3n) is 3.51. The van der Waals surface area contributed by atoms with Gasteiger partial charge in [-0.25, -0.2) is 5.01 Å². The van der Waals surface area contributed by atoms with Crippen molar-refractivity contribution in [2.75, 3.05) is 0 Å². The van der Waals surface area contributed by atoms with E-state index in [1.54, 1.807) is 11.2 Å². The van der Waals surface area contributed by atoms with Gasteiger partial charge in [0.25, 0.3) is 5.91 Å². The third-order valence-corrected chi connectivity index (χ3v) is 3.51. The van der Waals surface area contributed by atoms with E-state index in [0.29, 0.717) is 18.4 Å². The number of benzene rings is 1. The second-order valence-corrected chi connectivity index (χ2v) is 6.14. The maximum Gasteiger partial charge on any atom is 0.274 e. The zero-order valence-electron chi connectivity index (χ0n) is 13.2. The predicted octanol–water partition coefficient (Wildman–Crippen LogP) is 3.08. The molecule has 4 heteroatoms. The maximum absolute atomic E-state index is 12.2. The van der Waals surface area contributed by atoms with Crippen LogP contribution in [0.1, 0.15) is 33.3 Å². The monoisotopic (exact) mass is 288 g/mol. The van der Waals surface area contributed by atoms with Crippen LogP contribution in [0.15, 0.2) is 35.4 Å². The molecular weight excluding hydrogens is 264 g/mol. The van der Waals surface area contributed by atoms with Crippen LogP contribution >= 0.6 is 0 Å². The smallest absolute Gasteiger partial charge is 0.274 e. The molecular formula is C17H24N2O2. The van der Waals surface area contributed by atoms with Crippen LogP contribution in [0.3, 0.4) is 0 Å². The number of amides is 1. The molecule has 1 fully saturated rings. The number of hydrogen-bond donors (Lipinski definition) is 0. The molecule has 1 aromatic rings. The molecule has 1 aromatic carbocycles. The molecule has 114 valence electrons. The Balaban J connectivity index is 1.98. The number of β-lactam (4-membered cyclic amide) rings is 1. The second kappa shape index (κ2) is 6.85. The van der Waals surface area contributed by atoms with E-state index in [1.165, 1.54) is 0 Å².